The molecule has 0 saturated carbocycles. The van der Waals surface area contributed by atoms with E-state index in [9.17, 15) is 14.7 Å². The average Bonchev–Trinajstić information content (AvgIpc) is 2.94. The molecule has 1 aromatic heterocycles. The Hall–Kier alpha value is -3.17. The van der Waals surface area contributed by atoms with E-state index in [0.29, 0.717) is 13.1 Å². The summed E-state index contributed by atoms with van der Waals surface area (Å²) in [6.07, 6.45) is 1.02. The van der Waals surface area contributed by atoms with Gasteiger partial charge in [0.25, 0.3) is 0 Å². The van der Waals surface area contributed by atoms with E-state index < -0.39 is 5.97 Å². The average molecular weight is 319 g/mol. The number of phenols is 1. The van der Waals surface area contributed by atoms with E-state index in [-0.39, 0.29) is 35.6 Å². The number of carbonyl (C=O) groups excluding carboxylic acids is 1. The highest BCUT2D eigenvalue weighted by atomic mass is 16.5. The van der Waals surface area contributed by atoms with Crippen LogP contribution in [0.15, 0.2) is 24.5 Å². The van der Waals surface area contributed by atoms with E-state index in [0.717, 1.165) is 0 Å². The number of hydrogen-bond acceptors (Lipinski definition) is 7. The van der Waals surface area contributed by atoms with Crippen LogP contribution in [0.4, 0.5) is 0 Å². The minimum absolute atomic E-state index is 0.0339. The number of likely N-dealkylation sites (tertiary alicyclic amines) is 1. The second-order valence-electron chi connectivity index (χ2n) is 5.00. The van der Waals surface area contributed by atoms with Crippen LogP contribution >= 0.6 is 0 Å². The molecule has 23 heavy (non-hydrogen) atoms. The molecular weight excluding hydrogens is 306 g/mol. The summed E-state index contributed by atoms with van der Waals surface area (Å²) in [6.45, 7) is 0.692. The molecule has 0 radical (unpaired) electrons. The number of rotatable bonds is 5. The number of carboxylic acids is 1. The molecule has 2 heterocycles. The Kier molecular flexibility index (Phi) is 3.79. The Bertz CT molecular complexity index is 726. The third-order valence-corrected chi connectivity index (χ3v) is 3.40. The van der Waals surface area contributed by atoms with Crippen molar-refractivity contribution in [3.8, 4) is 11.5 Å². The first-order chi connectivity index (χ1) is 11.0. The van der Waals surface area contributed by atoms with E-state index in [1.165, 1.54) is 29.2 Å². The number of carbonyl (C=O) groups is 2. The highest BCUT2D eigenvalue weighted by Gasteiger charge is 2.33. The quantitative estimate of drug-likeness (QED) is 0.744. The van der Waals surface area contributed by atoms with Gasteiger partial charge in [-0.05, 0) is 22.6 Å². The van der Waals surface area contributed by atoms with E-state index >= 15 is 0 Å². The van der Waals surface area contributed by atoms with Gasteiger partial charge >= 0.3 is 5.97 Å². The van der Waals surface area contributed by atoms with Crippen LogP contribution in [0.25, 0.3) is 0 Å². The van der Waals surface area contributed by atoms with E-state index in [2.05, 4.69) is 15.5 Å². The van der Waals surface area contributed by atoms with Gasteiger partial charge in [-0.1, -0.05) is 6.07 Å². The van der Waals surface area contributed by atoms with Crippen molar-refractivity contribution in [1.82, 2.24) is 25.1 Å². The van der Waals surface area contributed by atoms with E-state index in [1.54, 1.807) is 4.90 Å². The van der Waals surface area contributed by atoms with E-state index in [4.69, 9.17) is 9.84 Å². The van der Waals surface area contributed by atoms with Crippen molar-refractivity contribution >= 4 is 11.9 Å². The zero-order valence-electron chi connectivity index (χ0n) is 11.9. The Morgan fingerprint density at radius 3 is 2.78 bits per heavy atom. The first-order valence-corrected chi connectivity index (χ1v) is 6.75. The molecule has 2 aromatic rings. The fourth-order valence-electron chi connectivity index (χ4n) is 2.22. The summed E-state index contributed by atoms with van der Waals surface area (Å²) in [7, 11) is 0. The first kappa shape index (κ1) is 14.8. The lowest BCUT2D eigenvalue weighted by Gasteiger charge is -2.39. The topological polar surface area (TPSA) is 131 Å². The molecule has 0 unspecified atom stereocenters. The van der Waals surface area contributed by atoms with Crippen molar-refractivity contribution in [3.63, 3.8) is 0 Å². The van der Waals surface area contributed by atoms with Gasteiger partial charge in [0.1, 0.15) is 36.0 Å². The SMILES string of the molecule is O=C(O)c1c(O)cccc1OC1CN(C(=O)Cn2cnnn2)C1. The predicted octanol–water partition coefficient (Wildman–Crippen LogP) is -0.633. The Balaban J connectivity index is 1.57. The van der Waals surface area contributed by atoms with Crippen LogP contribution in [0.3, 0.4) is 0 Å². The number of hydrogen-bond donors (Lipinski definition) is 2. The summed E-state index contributed by atoms with van der Waals surface area (Å²) >= 11 is 0. The molecule has 1 saturated heterocycles. The fourth-order valence-corrected chi connectivity index (χ4v) is 2.22. The standard InChI is InChI=1S/C13H13N5O5/c19-9-2-1-3-10(12(9)13(21)22)23-8-4-17(5-8)11(20)6-18-7-14-15-16-18/h1-3,7-8,19H,4-6H2,(H,21,22). The summed E-state index contributed by atoms with van der Waals surface area (Å²) in [6, 6.07) is 4.24. The molecule has 1 aromatic carbocycles. The minimum Gasteiger partial charge on any atom is -0.507 e. The molecule has 1 aliphatic rings. The van der Waals surface area contributed by atoms with Gasteiger partial charge in [0.05, 0.1) is 13.1 Å². The van der Waals surface area contributed by atoms with Crippen LogP contribution in [-0.4, -0.2) is 66.4 Å². The fraction of sp³-hybridized carbons (Fsp3) is 0.308. The molecule has 120 valence electrons. The molecular formula is C13H13N5O5. The molecule has 2 N–H and O–H groups in total. The summed E-state index contributed by atoms with van der Waals surface area (Å²) in [5, 5.41) is 29.2. The van der Waals surface area contributed by atoms with Gasteiger partial charge in [-0.15, -0.1) is 5.10 Å². The van der Waals surface area contributed by atoms with Gasteiger partial charge in [-0.25, -0.2) is 9.48 Å². The minimum atomic E-state index is -1.27. The molecule has 1 amide bonds. The Labute approximate surface area is 129 Å². The van der Waals surface area contributed by atoms with Gasteiger partial charge in [-0.3, -0.25) is 4.79 Å². The maximum atomic E-state index is 11.9. The number of amides is 1. The molecule has 10 heteroatoms. The van der Waals surface area contributed by atoms with Crippen molar-refractivity contribution < 1.29 is 24.5 Å². The Morgan fingerprint density at radius 2 is 2.13 bits per heavy atom. The molecule has 0 bridgehead atoms. The number of aromatic hydroxyl groups is 1. The van der Waals surface area contributed by atoms with Crippen molar-refractivity contribution in [2.24, 2.45) is 0 Å². The second kappa shape index (κ2) is 5.91. The zero-order chi connectivity index (χ0) is 16.4. The molecule has 3 rings (SSSR count). The number of benzene rings is 1. The lowest BCUT2D eigenvalue weighted by atomic mass is 10.1. The third-order valence-electron chi connectivity index (χ3n) is 3.40. The third kappa shape index (κ3) is 3.05. The first-order valence-electron chi connectivity index (χ1n) is 6.75. The molecule has 10 nitrogen and oxygen atoms in total. The maximum Gasteiger partial charge on any atom is 0.343 e. The molecule has 0 aliphatic carbocycles. The number of carboxylic acid groups (broad SMARTS) is 1. The van der Waals surface area contributed by atoms with Gasteiger partial charge in [-0.2, -0.15) is 0 Å². The molecule has 0 spiro atoms. The van der Waals surface area contributed by atoms with E-state index in [1.807, 2.05) is 0 Å². The monoisotopic (exact) mass is 319 g/mol. The number of aromatic carboxylic acids is 1. The summed E-state index contributed by atoms with van der Waals surface area (Å²) < 4.78 is 6.87. The largest absolute Gasteiger partial charge is 0.507 e. The van der Waals surface area contributed by atoms with Gasteiger partial charge in [0.15, 0.2) is 0 Å². The van der Waals surface area contributed by atoms with Crippen LogP contribution in [-0.2, 0) is 11.3 Å². The molecule has 0 atom stereocenters. The van der Waals surface area contributed by atoms with Gasteiger partial charge in [0.2, 0.25) is 5.91 Å². The number of ether oxygens (including phenoxy) is 1. The lowest BCUT2D eigenvalue weighted by molar-refractivity contribution is -0.140. The molecule has 1 fully saturated rings. The smallest absolute Gasteiger partial charge is 0.343 e. The number of nitrogens with zero attached hydrogens (tertiary/aromatic N) is 5. The van der Waals surface area contributed by atoms with Crippen molar-refractivity contribution in [3.05, 3.63) is 30.1 Å². The summed E-state index contributed by atoms with van der Waals surface area (Å²) in [4.78, 5) is 24.6. The van der Waals surface area contributed by atoms with Gasteiger partial charge < -0.3 is 19.8 Å². The maximum absolute atomic E-state index is 11.9. The van der Waals surface area contributed by atoms with Crippen LogP contribution in [0.2, 0.25) is 0 Å². The Morgan fingerprint density at radius 1 is 1.35 bits per heavy atom. The van der Waals surface area contributed by atoms with Crippen molar-refractivity contribution in [2.75, 3.05) is 13.1 Å². The van der Waals surface area contributed by atoms with Crippen LogP contribution in [0, 0.1) is 0 Å². The number of tetrazole rings is 1. The number of aromatic nitrogens is 4. The van der Waals surface area contributed by atoms with Crippen molar-refractivity contribution in [2.45, 2.75) is 12.6 Å². The second-order valence-corrected chi connectivity index (χ2v) is 5.00. The van der Waals surface area contributed by atoms with Crippen LogP contribution in [0.5, 0.6) is 11.5 Å². The predicted molar refractivity (Wildman–Crippen MR) is 73.9 cm³/mol. The van der Waals surface area contributed by atoms with Crippen LogP contribution in [0.1, 0.15) is 10.4 Å². The van der Waals surface area contributed by atoms with Gasteiger partial charge in [0, 0.05) is 0 Å². The lowest BCUT2D eigenvalue weighted by Crippen LogP contribution is -2.57. The normalized spacial score (nSPS) is 14.3. The molecule has 1 aliphatic heterocycles. The highest BCUT2D eigenvalue weighted by Crippen LogP contribution is 2.29. The summed E-state index contributed by atoms with van der Waals surface area (Å²) in [5.41, 5.74) is -0.286. The van der Waals surface area contributed by atoms with Crippen molar-refractivity contribution in [1.29, 1.82) is 0 Å². The highest BCUT2D eigenvalue weighted by molar-refractivity contribution is 5.94. The summed E-state index contributed by atoms with van der Waals surface area (Å²) in [5.74, 6) is -1.72. The zero-order valence-corrected chi connectivity index (χ0v) is 11.9. The van der Waals surface area contributed by atoms with Crippen LogP contribution < -0.4 is 4.74 Å².